The van der Waals surface area contributed by atoms with Crippen molar-refractivity contribution in [1.29, 1.82) is 0 Å². The van der Waals surface area contributed by atoms with E-state index in [0.717, 1.165) is 54.2 Å². The fourth-order valence-electron chi connectivity index (χ4n) is 5.38. The molecule has 0 unspecified atom stereocenters. The Morgan fingerprint density at radius 2 is 1.58 bits per heavy atom. The van der Waals surface area contributed by atoms with Gasteiger partial charge >= 0.3 is 5.69 Å². The number of amides is 1. The van der Waals surface area contributed by atoms with Crippen molar-refractivity contribution >= 4 is 50.2 Å². The Balaban J connectivity index is 1.16. The molecule has 0 N–H and O–H groups in total. The van der Waals surface area contributed by atoms with Crippen LogP contribution in [0.4, 0.5) is 0 Å². The molecule has 0 spiro atoms. The van der Waals surface area contributed by atoms with Gasteiger partial charge in [0.25, 0.3) is 15.9 Å². The van der Waals surface area contributed by atoms with Crippen molar-refractivity contribution in [3.63, 3.8) is 0 Å². The molecule has 1 saturated heterocycles. The summed E-state index contributed by atoms with van der Waals surface area (Å²) in [4.78, 5) is 28.1. The number of nitrogens with zero attached hydrogens (tertiary/aromatic N) is 4. The Morgan fingerprint density at radius 3 is 2.31 bits per heavy atom. The molecule has 0 saturated carbocycles. The number of hydrogen-bond acceptors (Lipinski definition) is 5. The number of rotatable bonds is 7. The monoisotopic (exact) mass is 550 g/mol. The Kier molecular flexibility index (Phi) is 6.93. The van der Waals surface area contributed by atoms with Crippen molar-refractivity contribution in [2.24, 2.45) is 0 Å². The average molecular weight is 551 g/mol. The number of aromatic nitrogens is 2. The molecule has 8 nitrogen and oxygen atoms in total. The van der Waals surface area contributed by atoms with Crippen LogP contribution in [0.15, 0.2) is 46.1 Å². The summed E-state index contributed by atoms with van der Waals surface area (Å²) in [6.45, 7) is 5.23. The average Bonchev–Trinajstić information content (AvgIpc) is 3.23. The van der Waals surface area contributed by atoms with Gasteiger partial charge in [-0.2, -0.15) is 0 Å². The number of fused-ring (bicyclic) bond motifs is 2. The third-order valence-electron chi connectivity index (χ3n) is 7.22. The molecule has 1 aromatic heterocycles. The summed E-state index contributed by atoms with van der Waals surface area (Å²) >= 11 is 12.1. The highest BCUT2D eigenvalue weighted by Crippen LogP contribution is 2.32. The summed E-state index contributed by atoms with van der Waals surface area (Å²) in [5.41, 5.74) is 1.94. The van der Waals surface area contributed by atoms with Crippen LogP contribution in [-0.2, 0) is 16.6 Å². The molecule has 1 amide bonds. The van der Waals surface area contributed by atoms with E-state index >= 15 is 0 Å². The van der Waals surface area contributed by atoms with Crippen molar-refractivity contribution in [3.05, 3.63) is 62.5 Å². The Bertz CT molecular complexity index is 1490. The second-order valence-corrected chi connectivity index (χ2v) is 12.0. The highest BCUT2D eigenvalue weighted by molar-refractivity contribution is 7.90. The van der Waals surface area contributed by atoms with E-state index in [2.05, 4.69) is 4.90 Å². The minimum absolute atomic E-state index is 0.00647. The lowest BCUT2D eigenvalue weighted by molar-refractivity contribution is 0.0868. The van der Waals surface area contributed by atoms with Crippen LogP contribution in [0.3, 0.4) is 0 Å². The first-order valence-electron chi connectivity index (χ1n) is 12.2. The van der Waals surface area contributed by atoms with Crippen LogP contribution in [-0.4, -0.2) is 58.8 Å². The zero-order chi connectivity index (χ0) is 25.6. The van der Waals surface area contributed by atoms with Crippen LogP contribution in [0, 0.1) is 0 Å². The molecule has 36 heavy (non-hydrogen) atoms. The van der Waals surface area contributed by atoms with E-state index < -0.39 is 15.9 Å². The van der Waals surface area contributed by atoms with E-state index in [-0.39, 0.29) is 28.7 Å². The number of piperidine rings is 1. The molecule has 5 rings (SSSR count). The van der Waals surface area contributed by atoms with Gasteiger partial charge in [0.1, 0.15) is 4.90 Å². The predicted octanol–water partition coefficient (Wildman–Crippen LogP) is 4.39. The zero-order valence-corrected chi connectivity index (χ0v) is 22.3. The number of aryl methyl sites for hydroxylation is 1. The highest BCUT2D eigenvalue weighted by atomic mass is 35.5. The van der Waals surface area contributed by atoms with Gasteiger partial charge in [0.2, 0.25) is 0 Å². The van der Waals surface area contributed by atoms with Crippen LogP contribution in [0.25, 0.3) is 11.0 Å². The lowest BCUT2D eigenvalue weighted by Gasteiger charge is -2.32. The molecule has 0 bridgehead atoms. The highest BCUT2D eigenvalue weighted by Gasteiger charge is 2.40. The van der Waals surface area contributed by atoms with Gasteiger partial charge in [0.05, 0.1) is 16.6 Å². The first-order chi connectivity index (χ1) is 17.2. The van der Waals surface area contributed by atoms with Crippen LogP contribution in [0.1, 0.15) is 49.0 Å². The van der Waals surface area contributed by atoms with E-state index in [1.807, 2.05) is 29.7 Å². The molecule has 192 valence electrons. The van der Waals surface area contributed by atoms with Crippen LogP contribution < -0.4 is 5.69 Å². The molecule has 3 heterocycles. The third kappa shape index (κ3) is 4.36. The summed E-state index contributed by atoms with van der Waals surface area (Å²) in [6, 6.07) is 10.0. The first-order valence-corrected chi connectivity index (χ1v) is 14.4. The van der Waals surface area contributed by atoms with E-state index in [9.17, 15) is 18.0 Å². The van der Waals surface area contributed by atoms with Gasteiger partial charge in [-0.15, -0.1) is 0 Å². The summed E-state index contributed by atoms with van der Waals surface area (Å²) in [7, 11) is -3.81. The number of carbonyl (C=O) groups excluding carboxylic acids is 1. The number of carbonyl (C=O) groups is 1. The Hall–Kier alpha value is -2.33. The quantitative estimate of drug-likeness (QED) is 0.407. The van der Waals surface area contributed by atoms with Crippen molar-refractivity contribution in [2.75, 3.05) is 26.2 Å². The molecular weight excluding hydrogens is 523 g/mol. The number of halogens is 2. The Labute approximate surface area is 220 Å². The van der Waals surface area contributed by atoms with Gasteiger partial charge < -0.3 is 4.90 Å². The number of likely N-dealkylation sites (tertiary alicyclic amines) is 1. The SMILES string of the molecule is CCn1c(=O)n(C2CCN(CCCCN3C(=O)c4cc(Cl)ccc4S3(=O)=O)CC2)c2ccc(Cl)cc21. The maximum Gasteiger partial charge on any atom is 0.329 e. The van der Waals surface area contributed by atoms with Crippen LogP contribution in [0.5, 0.6) is 0 Å². The van der Waals surface area contributed by atoms with Crippen molar-refractivity contribution in [1.82, 2.24) is 18.3 Å². The molecular formula is C25H28Cl2N4O4S. The van der Waals surface area contributed by atoms with E-state index in [4.69, 9.17) is 23.2 Å². The minimum atomic E-state index is -3.81. The molecule has 2 aliphatic rings. The molecule has 11 heteroatoms. The van der Waals surface area contributed by atoms with Crippen molar-refractivity contribution < 1.29 is 13.2 Å². The van der Waals surface area contributed by atoms with E-state index in [0.29, 0.717) is 23.0 Å². The largest absolute Gasteiger partial charge is 0.329 e. The molecule has 0 radical (unpaired) electrons. The van der Waals surface area contributed by atoms with Gasteiger partial charge in [-0.1, -0.05) is 23.2 Å². The lowest BCUT2D eigenvalue weighted by atomic mass is 10.0. The molecule has 0 atom stereocenters. The topological polar surface area (TPSA) is 84.6 Å². The minimum Gasteiger partial charge on any atom is -0.303 e. The van der Waals surface area contributed by atoms with E-state index in [1.165, 1.54) is 18.2 Å². The van der Waals surface area contributed by atoms with Crippen molar-refractivity contribution in [2.45, 2.75) is 50.1 Å². The summed E-state index contributed by atoms with van der Waals surface area (Å²) in [6.07, 6.45) is 3.08. The molecule has 2 aliphatic heterocycles. The molecule has 1 fully saturated rings. The second-order valence-electron chi connectivity index (χ2n) is 9.33. The Morgan fingerprint density at radius 1 is 0.917 bits per heavy atom. The zero-order valence-electron chi connectivity index (χ0n) is 20.0. The van der Waals surface area contributed by atoms with Crippen molar-refractivity contribution in [3.8, 4) is 0 Å². The number of sulfonamides is 1. The summed E-state index contributed by atoms with van der Waals surface area (Å²) < 4.78 is 30.1. The number of benzene rings is 2. The normalized spacial score (nSPS) is 18.3. The second kappa shape index (κ2) is 9.85. The summed E-state index contributed by atoms with van der Waals surface area (Å²) in [5, 5.41) is 0.959. The maximum atomic E-state index is 13.1. The number of hydrogen-bond donors (Lipinski definition) is 0. The fraction of sp³-hybridized carbons (Fsp3) is 0.440. The molecule has 0 aliphatic carbocycles. The number of imidazole rings is 1. The fourth-order valence-corrected chi connectivity index (χ4v) is 7.31. The van der Waals surface area contributed by atoms with Gasteiger partial charge in [-0.3, -0.25) is 13.9 Å². The smallest absolute Gasteiger partial charge is 0.303 e. The van der Waals surface area contributed by atoms with Gasteiger partial charge in [-0.05, 0) is 75.5 Å². The summed E-state index contributed by atoms with van der Waals surface area (Å²) in [5.74, 6) is -0.508. The first kappa shape index (κ1) is 25.3. The van der Waals surface area contributed by atoms with Gasteiger partial charge in [0, 0.05) is 42.3 Å². The standard InChI is InChI=1S/C25H28Cl2N4O4S/c1-2-29-22-16-18(27)5-7-21(22)31(25(29)33)19-9-13-28(14-10-19)11-3-4-12-30-24(32)20-15-17(26)6-8-23(20)36(30,34)35/h5-8,15-16,19H,2-4,9-14H2,1H3. The lowest BCUT2D eigenvalue weighted by Crippen LogP contribution is -2.38. The van der Waals surface area contributed by atoms with Gasteiger partial charge in [0.15, 0.2) is 0 Å². The van der Waals surface area contributed by atoms with Crippen LogP contribution >= 0.6 is 23.2 Å². The predicted molar refractivity (Wildman–Crippen MR) is 141 cm³/mol. The maximum absolute atomic E-state index is 13.1. The third-order valence-corrected chi connectivity index (χ3v) is 9.53. The van der Waals surface area contributed by atoms with E-state index in [1.54, 1.807) is 4.57 Å². The van der Waals surface area contributed by atoms with Crippen LogP contribution in [0.2, 0.25) is 10.0 Å². The number of unbranched alkanes of at least 4 members (excludes halogenated alkanes) is 1. The van der Waals surface area contributed by atoms with Gasteiger partial charge in [-0.25, -0.2) is 17.5 Å². The molecule has 3 aromatic rings. The molecule has 2 aromatic carbocycles.